The highest BCUT2D eigenvalue weighted by atomic mass is 79.9. The number of benzene rings is 1. The Bertz CT molecular complexity index is 648. The zero-order valence-electron chi connectivity index (χ0n) is 11.3. The third-order valence-electron chi connectivity index (χ3n) is 2.94. The van der Waals surface area contributed by atoms with Gasteiger partial charge < -0.3 is 10.3 Å². The Morgan fingerprint density at radius 1 is 1.38 bits per heavy atom. The van der Waals surface area contributed by atoms with E-state index in [1.165, 1.54) is 17.2 Å². The first-order valence-electron chi connectivity index (χ1n) is 6.14. The maximum Gasteiger partial charge on any atom is 0.257 e. The molecule has 5 nitrogen and oxygen atoms in total. The fraction of sp³-hybridized carbons (Fsp3) is 0.143. The number of carbonyl (C=O) groups excluding carboxylic acids is 1. The van der Waals surface area contributed by atoms with E-state index in [9.17, 15) is 9.18 Å². The number of anilines is 1. The SMILES string of the molecule is CN(Cc1ccc(Br)cc1)C(=O)c1ccnc(NN)c1F. The molecule has 1 aromatic carbocycles. The summed E-state index contributed by atoms with van der Waals surface area (Å²) in [7, 11) is 1.61. The first-order valence-corrected chi connectivity index (χ1v) is 6.93. The van der Waals surface area contributed by atoms with Crippen LogP contribution in [0.3, 0.4) is 0 Å². The Balaban J connectivity index is 2.17. The molecule has 2 aromatic rings. The number of hydrazine groups is 1. The van der Waals surface area contributed by atoms with Crippen LogP contribution in [0.2, 0.25) is 0 Å². The number of hydrogen-bond acceptors (Lipinski definition) is 4. The van der Waals surface area contributed by atoms with Crippen molar-refractivity contribution >= 4 is 27.7 Å². The zero-order chi connectivity index (χ0) is 15.4. The lowest BCUT2D eigenvalue weighted by atomic mass is 10.2. The summed E-state index contributed by atoms with van der Waals surface area (Å²) in [6, 6.07) is 8.89. The summed E-state index contributed by atoms with van der Waals surface area (Å²) >= 11 is 3.35. The second-order valence-electron chi connectivity index (χ2n) is 4.45. The second kappa shape index (κ2) is 6.64. The summed E-state index contributed by atoms with van der Waals surface area (Å²) in [5, 5.41) is 0. The van der Waals surface area contributed by atoms with Crippen LogP contribution in [0.15, 0.2) is 41.0 Å². The number of rotatable bonds is 4. The predicted octanol–water partition coefficient (Wildman–Crippen LogP) is 2.54. The molecule has 21 heavy (non-hydrogen) atoms. The summed E-state index contributed by atoms with van der Waals surface area (Å²) in [4.78, 5) is 17.4. The highest BCUT2D eigenvalue weighted by Crippen LogP contribution is 2.17. The van der Waals surface area contributed by atoms with Gasteiger partial charge in [0.2, 0.25) is 0 Å². The normalized spacial score (nSPS) is 10.3. The number of aromatic nitrogens is 1. The van der Waals surface area contributed by atoms with Crippen LogP contribution in [0.1, 0.15) is 15.9 Å². The van der Waals surface area contributed by atoms with Crippen LogP contribution in [-0.2, 0) is 6.54 Å². The van der Waals surface area contributed by atoms with Crippen LogP contribution < -0.4 is 11.3 Å². The van der Waals surface area contributed by atoms with Gasteiger partial charge in [-0.15, -0.1) is 0 Å². The number of carbonyl (C=O) groups is 1. The van der Waals surface area contributed by atoms with Crippen molar-refractivity contribution in [3.63, 3.8) is 0 Å². The minimum atomic E-state index is -0.757. The molecule has 0 fully saturated rings. The van der Waals surface area contributed by atoms with Gasteiger partial charge in [0.05, 0.1) is 5.56 Å². The maximum absolute atomic E-state index is 14.0. The second-order valence-corrected chi connectivity index (χ2v) is 5.37. The van der Waals surface area contributed by atoms with Crippen molar-refractivity contribution in [2.75, 3.05) is 12.5 Å². The van der Waals surface area contributed by atoms with E-state index in [1.54, 1.807) is 7.05 Å². The van der Waals surface area contributed by atoms with Gasteiger partial charge >= 0.3 is 0 Å². The van der Waals surface area contributed by atoms with Crippen LogP contribution in [0.5, 0.6) is 0 Å². The topological polar surface area (TPSA) is 71.2 Å². The summed E-state index contributed by atoms with van der Waals surface area (Å²) < 4.78 is 15.0. The number of pyridine rings is 1. The lowest BCUT2D eigenvalue weighted by molar-refractivity contribution is 0.0780. The van der Waals surface area contributed by atoms with Gasteiger partial charge in [-0.1, -0.05) is 28.1 Å². The van der Waals surface area contributed by atoms with E-state index in [1.807, 2.05) is 24.3 Å². The van der Waals surface area contributed by atoms with Crippen molar-refractivity contribution in [1.82, 2.24) is 9.88 Å². The molecule has 7 heteroatoms. The molecule has 0 radical (unpaired) electrons. The molecule has 0 unspecified atom stereocenters. The monoisotopic (exact) mass is 352 g/mol. The van der Waals surface area contributed by atoms with Crippen molar-refractivity contribution in [1.29, 1.82) is 0 Å². The van der Waals surface area contributed by atoms with Crippen LogP contribution in [0.25, 0.3) is 0 Å². The zero-order valence-corrected chi connectivity index (χ0v) is 12.9. The Labute approximate surface area is 130 Å². The van der Waals surface area contributed by atoms with Crippen molar-refractivity contribution in [2.45, 2.75) is 6.54 Å². The van der Waals surface area contributed by atoms with E-state index in [4.69, 9.17) is 5.84 Å². The molecule has 3 N–H and O–H groups in total. The number of hydrogen-bond donors (Lipinski definition) is 2. The minimum Gasteiger partial charge on any atom is -0.337 e. The van der Waals surface area contributed by atoms with Crippen molar-refractivity contribution in [3.05, 3.63) is 57.9 Å². The molecule has 1 heterocycles. The molecule has 1 aromatic heterocycles. The molecular formula is C14H14BrFN4O. The Hall–Kier alpha value is -1.99. The largest absolute Gasteiger partial charge is 0.337 e. The number of nitrogen functional groups attached to an aromatic ring is 1. The van der Waals surface area contributed by atoms with Crippen molar-refractivity contribution < 1.29 is 9.18 Å². The Morgan fingerprint density at radius 3 is 2.67 bits per heavy atom. The molecule has 110 valence electrons. The smallest absolute Gasteiger partial charge is 0.257 e. The molecule has 1 amide bonds. The fourth-order valence-electron chi connectivity index (χ4n) is 1.85. The molecule has 0 bridgehead atoms. The number of nitrogens with one attached hydrogen (secondary N) is 1. The first kappa shape index (κ1) is 15.4. The highest BCUT2D eigenvalue weighted by Gasteiger charge is 2.19. The predicted molar refractivity (Wildman–Crippen MR) is 81.9 cm³/mol. The lowest BCUT2D eigenvalue weighted by Crippen LogP contribution is -2.27. The average Bonchev–Trinajstić information content (AvgIpc) is 2.49. The summed E-state index contributed by atoms with van der Waals surface area (Å²) in [6.07, 6.45) is 1.33. The highest BCUT2D eigenvalue weighted by molar-refractivity contribution is 9.10. The van der Waals surface area contributed by atoms with Crippen molar-refractivity contribution in [3.8, 4) is 0 Å². The Morgan fingerprint density at radius 2 is 2.05 bits per heavy atom. The molecule has 0 atom stereocenters. The van der Waals surface area contributed by atoms with Crippen LogP contribution in [0.4, 0.5) is 10.2 Å². The van der Waals surface area contributed by atoms with Gasteiger partial charge in [0, 0.05) is 24.3 Å². The molecule has 0 aliphatic carbocycles. The summed E-state index contributed by atoms with van der Waals surface area (Å²) in [5.74, 6) is 3.80. The molecular weight excluding hydrogens is 339 g/mol. The van der Waals surface area contributed by atoms with Crippen LogP contribution >= 0.6 is 15.9 Å². The van der Waals surface area contributed by atoms with Crippen LogP contribution in [-0.4, -0.2) is 22.8 Å². The van der Waals surface area contributed by atoms with Gasteiger partial charge in [-0.05, 0) is 23.8 Å². The van der Waals surface area contributed by atoms with Gasteiger partial charge in [-0.3, -0.25) is 4.79 Å². The Kier molecular flexibility index (Phi) is 4.87. The average molecular weight is 353 g/mol. The lowest BCUT2D eigenvalue weighted by Gasteiger charge is -2.18. The molecule has 0 aliphatic rings. The van der Waals surface area contributed by atoms with E-state index in [2.05, 4.69) is 26.3 Å². The van der Waals surface area contributed by atoms with Gasteiger partial charge in [-0.2, -0.15) is 0 Å². The third-order valence-corrected chi connectivity index (χ3v) is 3.46. The van der Waals surface area contributed by atoms with E-state index in [-0.39, 0.29) is 11.4 Å². The first-order chi connectivity index (χ1) is 10.0. The van der Waals surface area contributed by atoms with E-state index in [0.29, 0.717) is 6.54 Å². The number of nitrogens with two attached hydrogens (primary N) is 1. The number of amides is 1. The van der Waals surface area contributed by atoms with E-state index >= 15 is 0 Å². The quantitative estimate of drug-likeness (QED) is 0.655. The standard InChI is InChI=1S/C14H14BrFN4O/c1-20(8-9-2-4-10(15)5-3-9)14(21)11-6-7-18-13(19-17)12(11)16/h2-7H,8,17H2,1H3,(H,18,19). The fourth-order valence-corrected chi connectivity index (χ4v) is 2.11. The number of halogens is 2. The van der Waals surface area contributed by atoms with Crippen LogP contribution in [0, 0.1) is 5.82 Å². The molecule has 0 spiro atoms. The van der Waals surface area contributed by atoms with Crippen molar-refractivity contribution in [2.24, 2.45) is 5.84 Å². The molecule has 2 rings (SSSR count). The maximum atomic E-state index is 14.0. The summed E-state index contributed by atoms with van der Waals surface area (Å²) in [5.41, 5.74) is 3.00. The van der Waals surface area contributed by atoms with E-state index < -0.39 is 11.7 Å². The van der Waals surface area contributed by atoms with Gasteiger partial charge in [0.1, 0.15) is 0 Å². The van der Waals surface area contributed by atoms with Gasteiger partial charge in [0.25, 0.3) is 5.91 Å². The third kappa shape index (κ3) is 3.56. The number of nitrogens with zero attached hydrogens (tertiary/aromatic N) is 2. The molecule has 0 aliphatic heterocycles. The van der Waals surface area contributed by atoms with E-state index in [0.717, 1.165) is 10.0 Å². The summed E-state index contributed by atoms with van der Waals surface area (Å²) in [6.45, 7) is 0.374. The minimum absolute atomic E-state index is 0.0717. The van der Waals surface area contributed by atoms with Gasteiger partial charge in [0.15, 0.2) is 11.6 Å². The molecule has 0 saturated heterocycles. The molecule has 0 saturated carbocycles. The van der Waals surface area contributed by atoms with Gasteiger partial charge in [-0.25, -0.2) is 15.2 Å².